The van der Waals surface area contributed by atoms with Crippen LogP contribution in [0.5, 0.6) is 0 Å². The summed E-state index contributed by atoms with van der Waals surface area (Å²) >= 11 is 5.96. The molecule has 1 aliphatic rings. The van der Waals surface area contributed by atoms with E-state index < -0.39 is 26.7 Å². The molecule has 0 bridgehead atoms. The van der Waals surface area contributed by atoms with Crippen LogP contribution in [0.2, 0.25) is 11.1 Å². The van der Waals surface area contributed by atoms with E-state index in [9.17, 15) is 14.4 Å². The van der Waals surface area contributed by atoms with E-state index in [4.69, 9.17) is 29.6 Å². The van der Waals surface area contributed by atoms with Crippen molar-refractivity contribution in [3.63, 3.8) is 0 Å². The molecule has 0 spiro atoms. The number of hydrogen-bond acceptors (Lipinski definition) is 7. The van der Waals surface area contributed by atoms with E-state index >= 15 is 0 Å². The van der Waals surface area contributed by atoms with Crippen molar-refractivity contribution in [2.45, 2.75) is 70.9 Å². The largest absolute Gasteiger partial charge is 0.705 e. The normalized spacial score (nSPS) is 19.1. The van der Waals surface area contributed by atoms with Gasteiger partial charge in [0.15, 0.2) is 0 Å². The molecule has 0 amide bonds. The first-order valence-corrected chi connectivity index (χ1v) is 12.5. The molecule has 1 aromatic carbocycles. The lowest BCUT2D eigenvalue weighted by molar-refractivity contribution is -0.147. The summed E-state index contributed by atoms with van der Waals surface area (Å²) in [4.78, 5) is 34.4. The lowest BCUT2D eigenvalue weighted by Gasteiger charge is -2.29. The molecule has 0 atom stereocenters. The molecule has 9 heteroatoms. The standard InChI is InChI=1S/C21H29ClO7Si/c1-15(23)27-30(28-16(2)24,29-17(3)25)14-4-13-26-21-11-7-19(8-12-21)18-5-9-20(22)10-6-18/h5-6,9-10,19,21H,4,7-8,11-14H2,1-3H3/t19-,21-. The molecular weight excluding hydrogens is 428 g/mol. The summed E-state index contributed by atoms with van der Waals surface area (Å²) in [6.07, 6.45) is 4.58. The maximum absolute atomic E-state index is 11.5. The van der Waals surface area contributed by atoms with E-state index in [0.717, 1.165) is 30.7 Å². The van der Waals surface area contributed by atoms with E-state index in [1.807, 2.05) is 12.1 Å². The van der Waals surface area contributed by atoms with Gasteiger partial charge in [-0.3, -0.25) is 14.4 Å². The van der Waals surface area contributed by atoms with Crippen molar-refractivity contribution in [2.24, 2.45) is 0 Å². The third-order valence-electron chi connectivity index (χ3n) is 4.89. The average Bonchev–Trinajstić information content (AvgIpc) is 2.65. The topological polar surface area (TPSA) is 88.1 Å². The van der Waals surface area contributed by atoms with Gasteiger partial charge in [-0.1, -0.05) is 23.7 Å². The Balaban J connectivity index is 1.81. The van der Waals surface area contributed by atoms with Crippen LogP contribution in [0.4, 0.5) is 0 Å². The van der Waals surface area contributed by atoms with E-state index in [0.29, 0.717) is 18.9 Å². The molecule has 166 valence electrons. The van der Waals surface area contributed by atoms with Crippen molar-refractivity contribution in [1.29, 1.82) is 0 Å². The first-order chi connectivity index (χ1) is 14.2. The Hall–Kier alpha value is -1.90. The highest BCUT2D eigenvalue weighted by Crippen LogP contribution is 2.34. The molecule has 1 saturated carbocycles. The number of halogens is 1. The van der Waals surface area contributed by atoms with Crippen LogP contribution in [0.15, 0.2) is 24.3 Å². The maximum Gasteiger partial charge on any atom is 0.705 e. The predicted molar refractivity (Wildman–Crippen MR) is 113 cm³/mol. The zero-order chi connectivity index (χ0) is 22.1. The Labute approximate surface area is 183 Å². The molecule has 1 fully saturated rings. The molecule has 0 unspecified atom stereocenters. The Morgan fingerprint density at radius 1 is 0.900 bits per heavy atom. The molecule has 0 aromatic heterocycles. The summed E-state index contributed by atoms with van der Waals surface area (Å²) < 4.78 is 21.5. The monoisotopic (exact) mass is 456 g/mol. The third-order valence-corrected chi connectivity index (χ3v) is 7.91. The number of rotatable bonds is 9. The highest BCUT2D eigenvalue weighted by Gasteiger charge is 2.51. The maximum atomic E-state index is 11.5. The molecule has 0 radical (unpaired) electrons. The molecule has 0 saturated heterocycles. The van der Waals surface area contributed by atoms with Gasteiger partial charge in [-0.25, -0.2) is 0 Å². The predicted octanol–water partition coefficient (Wildman–Crippen LogP) is 4.40. The van der Waals surface area contributed by atoms with Gasteiger partial charge in [0.1, 0.15) is 0 Å². The fourth-order valence-electron chi connectivity index (χ4n) is 3.71. The molecule has 30 heavy (non-hydrogen) atoms. The highest BCUT2D eigenvalue weighted by atomic mass is 35.5. The van der Waals surface area contributed by atoms with Gasteiger partial charge in [0.2, 0.25) is 0 Å². The average molecular weight is 457 g/mol. The van der Waals surface area contributed by atoms with Crippen molar-refractivity contribution >= 4 is 38.3 Å². The van der Waals surface area contributed by atoms with Crippen molar-refractivity contribution in [2.75, 3.05) is 6.61 Å². The number of carbonyl (C=O) groups excluding carboxylic acids is 3. The van der Waals surface area contributed by atoms with Gasteiger partial charge < -0.3 is 18.0 Å². The molecule has 0 aliphatic heterocycles. The minimum atomic E-state index is -3.77. The lowest BCUT2D eigenvalue weighted by atomic mass is 9.83. The highest BCUT2D eigenvalue weighted by molar-refractivity contribution is 6.65. The molecule has 2 rings (SSSR count). The van der Waals surface area contributed by atoms with Crippen LogP contribution in [-0.4, -0.2) is 39.4 Å². The van der Waals surface area contributed by atoms with Crippen LogP contribution in [0.1, 0.15) is 64.4 Å². The van der Waals surface area contributed by atoms with Crippen molar-refractivity contribution in [3.05, 3.63) is 34.9 Å². The van der Waals surface area contributed by atoms with Crippen LogP contribution >= 0.6 is 11.6 Å². The van der Waals surface area contributed by atoms with E-state index in [1.54, 1.807) is 0 Å². The molecule has 0 N–H and O–H groups in total. The zero-order valence-corrected chi connectivity index (χ0v) is 19.4. The number of hydrogen-bond donors (Lipinski definition) is 0. The van der Waals surface area contributed by atoms with Gasteiger partial charge in [0.05, 0.1) is 12.1 Å². The SMILES string of the molecule is CC(=O)O[Si](CCCO[C@H]1CC[C@H](c2ccc(Cl)cc2)CC1)(OC(C)=O)OC(C)=O. The summed E-state index contributed by atoms with van der Waals surface area (Å²) in [5.74, 6) is -1.47. The van der Waals surface area contributed by atoms with E-state index in [2.05, 4.69) is 12.1 Å². The Morgan fingerprint density at radius 2 is 1.40 bits per heavy atom. The quantitative estimate of drug-likeness (QED) is 0.402. The fraction of sp³-hybridized carbons (Fsp3) is 0.571. The molecule has 0 heterocycles. The summed E-state index contributed by atoms with van der Waals surface area (Å²) in [5.41, 5.74) is 1.30. The smallest absolute Gasteiger partial charge is 0.455 e. The first kappa shape index (κ1) is 24.4. The second-order valence-electron chi connectivity index (χ2n) is 7.46. The Bertz CT molecular complexity index is 689. The minimum absolute atomic E-state index is 0.131. The Morgan fingerprint density at radius 3 is 1.87 bits per heavy atom. The van der Waals surface area contributed by atoms with Crippen LogP contribution in [-0.2, 0) is 32.4 Å². The molecule has 7 nitrogen and oxygen atoms in total. The second-order valence-corrected chi connectivity index (χ2v) is 10.4. The number of ether oxygens (including phenoxy) is 1. The van der Waals surface area contributed by atoms with Gasteiger partial charge in [-0.15, -0.1) is 0 Å². The van der Waals surface area contributed by atoms with Crippen LogP contribution in [0, 0.1) is 0 Å². The fourth-order valence-corrected chi connectivity index (χ4v) is 6.16. The molecular formula is C21H29ClO7Si. The van der Waals surface area contributed by atoms with Crippen molar-refractivity contribution in [3.8, 4) is 0 Å². The Kier molecular flexibility index (Phi) is 9.32. The van der Waals surface area contributed by atoms with Crippen molar-refractivity contribution < 1.29 is 32.4 Å². The summed E-state index contributed by atoms with van der Waals surface area (Å²) in [7, 11) is -3.77. The first-order valence-electron chi connectivity index (χ1n) is 10.1. The third kappa shape index (κ3) is 8.08. The van der Waals surface area contributed by atoms with E-state index in [-0.39, 0.29) is 12.1 Å². The van der Waals surface area contributed by atoms with Crippen molar-refractivity contribution in [1.82, 2.24) is 0 Å². The lowest BCUT2D eigenvalue weighted by Crippen LogP contribution is -2.49. The number of benzene rings is 1. The van der Waals surface area contributed by atoms with Gasteiger partial charge in [-0.2, -0.15) is 0 Å². The summed E-state index contributed by atoms with van der Waals surface area (Å²) in [6, 6.07) is 8.14. The summed E-state index contributed by atoms with van der Waals surface area (Å²) in [6.45, 7) is 3.95. The molecule has 1 aromatic rings. The van der Waals surface area contributed by atoms with Crippen LogP contribution in [0.3, 0.4) is 0 Å². The van der Waals surface area contributed by atoms with Crippen LogP contribution in [0.25, 0.3) is 0 Å². The van der Waals surface area contributed by atoms with Gasteiger partial charge in [0.25, 0.3) is 17.9 Å². The second kappa shape index (κ2) is 11.5. The van der Waals surface area contributed by atoms with Gasteiger partial charge in [-0.05, 0) is 55.7 Å². The molecule has 1 aliphatic carbocycles. The minimum Gasteiger partial charge on any atom is -0.455 e. The van der Waals surface area contributed by atoms with E-state index in [1.165, 1.54) is 26.3 Å². The summed E-state index contributed by atoms with van der Waals surface area (Å²) in [5, 5.41) is 0.742. The number of carbonyl (C=O) groups is 3. The van der Waals surface area contributed by atoms with Crippen LogP contribution < -0.4 is 0 Å². The van der Waals surface area contributed by atoms with Gasteiger partial charge >= 0.3 is 8.80 Å². The zero-order valence-electron chi connectivity index (χ0n) is 17.6. The van der Waals surface area contributed by atoms with Gasteiger partial charge in [0, 0.05) is 32.4 Å².